The Morgan fingerprint density at radius 1 is 1.18 bits per heavy atom. The minimum atomic E-state index is 0.0640. The van der Waals surface area contributed by atoms with E-state index in [4.69, 9.17) is 21.3 Å². The number of thiol groups is 1. The summed E-state index contributed by atoms with van der Waals surface area (Å²) in [5, 5.41) is 7.10. The molecule has 0 unspecified atom stereocenters. The van der Waals surface area contributed by atoms with Gasteiger partial charge in [-0.3, -0.25) is 9.69 Å². The number of nitrogens with one attached hydrogen (secondary N) is 2. The number of benzene rings is 1. The van der Waals surface area contributed by atoms with Crippen LogP contribution in [0.25, 0.3) is 0 Å². The Bertz CT molecular complexity index is 1330. The van der Waals surface area contributed by atoms with Gasteiger partial charge in [0.15, 0.2) is 0 Å². The van der Waals surface area contributed by atoms with Crippen LogP contribution in [0.2, 0.25) is 18.7 Å². The van der Waals surface area contributed by atoms with Crippen molar-refractivity contribution in [1.29, 1.82) is 0 Å². The molecular weight excluding hydrogens is 545 g/mol. The third kappa shape index (κ3) is 7.19. The van der Waals surface area contributed by atoms with Crippen molar-refractivity contribution < 1.29 is 9.53 Å². The first kappa shape index (κ1) is 30.0. The van der Waals surface area contributed by atoms with E-state index in [2.05, 4.69) is 58.6 Å². The summed E-state index contributed by atoms with van der Waals surface area (Å²) in [5.41, 5.74) is 3.63. The number of ether oxygens (including phenoxy) is 1. The van der Waals surface area contributed by atoms with Gasteiger partial charge in [-0.25, -0.2) is 15.0 Å². The van der Waals surface area contributed by atoms with Crippen molar-refractivity contribution in [1.82, 2.24) is 24.8 Å². The number of carbonyl (C=O) groups is 1. The molecular formula is C28H37BClN7O2S. The fourth-order valence-corrected chi connectivity index (χ4v) is 5.49. The average Bonchev–Trinajstić information content (AvgIpc) is 3.37. The molecule has 4 heterocycles. The maximum atomic E-state index is 13.3. The second-order valence-electron chi connectivity index (χ2n) is 10.3. The predicted molar refractivity (Wildman–Crippen MR) is 166 cm³/mol. The topological polar surface area (TPSA) is 95.5 Å². The number of hydrogen-bond acceptors (Lipinski definition) is 9. The molecule has 0 bridgehead atoms. The molecule has 12 heteroatoms. The maximum absolute atomic E-state index is 13.3. The van der Waals surface area contributed by atoms with E-state index in [0.29, 0.717) is 28.3 Å². The fourth-order valence-electron chi connectivity index (χ4n) is 5.26. The van der Waals surface area contributed by atoms with Gasteiger partial charge in [0.05, 0.1) is 12.8 Å². The number of nitrogens with zero attached hydrogens (tertiary/aromatic N) is 5. The number of rotatable bonds is 7. The summed E-state index contributed by atoms with van der Waals surface area (Å²) in [6.45, 7) is 8.82. The van der Waals surface area contributed by atoms with Gasteiger partial charge in [0.2, 0.25) is 12.8 Å². The third-order valence-electron chi connectivity index (χ3n) is 7.11. The normalized spacial score (nSPS) is 18.3. The summed E-state index contributed by atoms with van der Waals surface area (Å²) in [5.74, 6) is 2.00. The summed E-state index contributed by atoms with van der Waals surface area (Å²) in [4.78, 5) is 31.4. The molecule has 1 fully saturated rings. The van der Waals surface area contributed by atoms with Crippen molar-refractivity contribution in [3.8, 4) is 5.75 Å². The Hall–Kier alpha value is -3.02. The molecule has 2 atom stereocenters. The van der Waals surface area contributed by atoms with Crippen LogP contribution >= 0.6 is 24.2 Å². The fraction of sp³-hybridized carbons (Fsp3) is 0.429. The minimum Gasteiger partial charge on any atom is -0.497 e. The average molecular weight is 582 g/mol. The molecule has 5 rings (SSSR count). The van der Waals surface area contributed by atoms with Gasteiger partial charge in [0.1, 0.15) is 11.6 Å². The summed E-state index contributed by atoms with van der Waals surface area (Å²) in [7, 11) is 1.61. The first-order valence-corrected chi connectivity index (χ1v) is 14.7. The van der Waals surface area contributed by atoms with Crippen LogP contribution < -0.4 is 15.3 Å². The zero-order chi connectivity index (χ0) is 28.8. The molecule has 2 aliphatic rings. The Labute approximate surface area is 247 Å². The van der Waals surface area contributed by atoms with Gasteiger partial charge in [0, 0.05) is 72.0 Å². The highest BCUT2D eigenvalue weighted by Crippen LogP contribution is 2.31. The number of hydrogen-bond donors (Lipinski definition) is 3. The maximum Gasteiger partial charge on any atom is 0.254 e. The lowest BCUT2D eigenvalue weighted by Gasteiger charge is -2.41. The number of fused-ring (bicyclic) bond motifs is 1. The second-order valence-corrected chi connectivity index (χ2v) is 10.8. The number of pyridine rings is 1. The Balaban J connectivity index is 0.00000181. The molecule has 1 aromatic carbocycles. The molecule has 2 N–H and O–H groups in total. The van der Waals surface area contributed by atoms with Gasteiger partial charge in [-0.05, 0) is 50.3 Å². The lowest BCUT2D eigenvalue weighted by atomic mass is 9.69. The van der Waals surface area contributed by atoms with E-state index in [1.54, 1.807) is 31.7 Å². The Kier molecular flexibility index (Phi) is 10.2. The van der Waals surface area contributed by atoms with Gasteiger partial charge in [-0.15, -0.1) is 0 Å². The van der Waals surface area contributed by atoms with E-state index in [9.17, 15) is 4.79 Å². The lowest BCUT2D eigenvalue weighted by Crippen LogP contribution is -2.50. The smallest absolute Gasteiger partial charge is 0.254 e. The van der Waals surface area contributed by atoms with E-state index in [0.717, 1.165) is 55.2 Å². The highest BCUT2D eigenvalue weighted by Gasteiger charge is 2.35. The van der Waals surface area contributed by atoms with E-state index < -0.39 is 0 Å². The van der Waals surface area contributed by atoms with Crippen molar-refractivity contribution >= 4 is 54.4 Å². The summed E-state index contributed by atoms with van der Waals surface area (Å²) in [6.07, 6.45) is 7.14. The molecule has 2 aromatic heterocycles. The number of piperidine rings is 1. The van der Waals surface area contributed by atoms with E-state index in [1.165, 1.54) is 0 Å². The number of likely N-dealkylation sites (tertiary alicyclic amines) is 1. The molecule has 1 amide bonds. The standard InChI is InChI=1S/C27H33BClN7O2.CH4S/c1-17-9-22(6-8-36(17)26(37)18-5-7-30-25(10-18)34-28(2)3)35-15-19-14-31-27(33-24(19)16-35)32-21-11-20(29)12-23(13-21)38-4;1-2/h5,7,10-14,17,22H,6,8-9,15-16H2,1-4H3,(H,30,34)(H,31,32,33);2H,1H3/t17-,22-;/m1./s1. The number of methoxy groups -OCH3 is 1. The number of aromatic nitrogens is 3. The van der Waals surface area contributed by atoms with Gasteiger partial charge in [-0.2, -0.15) is 12.6 Å². The van der Waals surface area contributed by atoms with E-state index >= 15 is 0 Å². The molecule has 0 spiro atoms. The summed E-state index contributed by atoms with van der Waals surface area (Å²) in [6, 6.07) is 9.60. The van der Waals surface area contributed by atoms with Gasteiger partial charge in [0.25, 0.3) is 5.91 Å². The number of carbonyl (C=O) groups excluding carboxylic acids is 1. The molecule has 1 saturated heterocycles. The first-order chi connectivity index (χ1) is 19.3. The van der Waals surface area contributed by atoms with Gasteiger partial charge >= 0.3 is 0 Å². The van der Waals surface area contributed by atoms with Crippen molar-refractivity contribution in [3.05, 3.63) is 64.6 Å². The van der Waals surface area contributed by atoms with Crippen LogP contribution in [-0.2, 0) is 13.1 Å². The molecule has 40 heavy (non-hydrogen) atoms. The van der Waals surface area contributed by atoms with Crippen molar-refractivity contribution in [2.75, 3.05) is 30.5 Å². The Morgan fingerprint density at radius 3 is 2.70 bits per heavy atom. The monoisotopic (exact) mass is 581 g/mol. The van der Waals surface area contributed by atoms with E-state index in [1.807, 2.05) is 29.3 Å². The van der Waals surface area contributed by atoms with Gasteiger partial charge < -0.3 is 20.2 Å². The number of halogens is 1. The molecule has 0 saturated carbocycles. The highest BCUT2D eigenvalue weighted by molar-refractivity contribution is 7.79. The third-order valence-corrected chi connectivity index (χ3v) is 7.33. The second kappa shape index (κ2) is 13.6. The van der Waals surface area contributed by atoms with Crippen molar-refractivity contribution in [2.24, 2.45) is 0 Å². The molecule has 3 aromatic rings. The van der Waals surface area contributed by atoms with Gasteiger partial charge in [-0.1, -0.05) is 25.2 Å². The molecule has 0 radical (unpaired) electrons. The molecule has 2 aliphatic heterocycles. The number of amides is 1. The van der Waals surface area contributed by atoms with Crippen LogP contribution in [0.4, 0.5) is 17.5 Å². The van der Waals surface area contributed by atoms with Crippen LogP contribution in [0.3, 0.4) is 0 Å². The van der Waals surface area contributed by atoms with Crippen molar-refractivity contribution in [2.45, 2.75) is 58.6 Å². The zero-order valence-corrected chi connectivity index (χ0v) is 25.3. The Morgan fingerprint density at radius 2 is 1.98 bits per heavy atom. The van der Waals surface area contributed by atoms with Crippen LogP contribution in [0.5, 0.6) is 5.75 Å². The van der Waals surface area contributed by atoms with Crippen molar-refractivity contribution in [3.63, 3.8) is 0 Å². The van der Waals surface area contributed by atoms with Crippen LogP contribution in [0.15, 0.2) is 42.7 Å². The molecule has 0 aliphatic carbocycles. The largest absolute Gasteiger partial charge is 0.497 e. The highest BCUT2D eigenvalue weighted by atomic mass is 35.5. The SMILES string of the molecule is COc1cc(Cl)cc(Nc2ncc3c(n2)CN([C@@H]2CCN(C(=O)c4ccnc(NB(C)C)c4)[C@H](C)C2)C3)c1.CS. The lowest BCUT2D eigenvalue weighted by molar-refractivity contribution is 0.0460. The van der Waals surface area contributed by atoms with E-state index in [-0.39, 0.29) is 18.8 Å². The van der Waals surface area contributed by atoms with Crippen LogP contribution in [-0.4, -0.2) is 69.5 Å². The van der Waals surface area contributed by atoms with Crippen LogP contribution in [0, 0.1) is 0 Å². The van der Waals surface area contributed by atoms with Crippen LogP contribution in [0.1, 0.15) is 41.4 Å². The zero-order valence-electron chi connectivity index (χ0n) is 23.7. The summed E-state index contributed by atoms with van der Waals surface area (Å²) >= 11 is 9.73. The quantitative estimate of drug-likeness (QED) is 0.249. The minimum absolute atomic E-state index is 0.0640. The summed E-state index contributed by atoms with van der Waals surface area (Å²) < 4.78 is 5.30. The first-order valence-electron chi connectivity index (χ1n) is 13.5. The predicted octanol–water partition coefficient (Wildman–Crippen LogP) is 5.50. The molecule has 9 nitrogen and oxygen atoms in total. The number of anilines is 3. The molecule has 212 valence electrons.